The summed E-state index contributed by atoms with van der Waals surface area (Å²) in [6.45, 7) is 4.91. The molecule has 0 spiro atoms. The van der Waals surface area contributed by atoms with E-state index in [0.29, 0.717) is 41.2 Å². The number of nitrogens with one attached hydrogen (secondary N) is 2. The van der Waals surface area contributed by atoms with Gasteiger partial charge in [-0.3, -0.25) is 19.0 Å². The van der Waals surface area contributed by atoms with Gasteiger partial charge in [0, 0.05) is 42.6 Å². The molecule has 0 bridgehead atoms. The second-order valence-electron chi connectivity index (χ2n) is 12.5. The number of primary amides is 1. The highest BCUT2D eigenvalue weighted by molar-refractivity contribution is 7.97. The van der Waals surface area contributed by atoms with E-state index >= 15 is 0 Å². The van der Waals surface area contributed by atoms with E-state index in [9.17, 15) is 9.59 Å². The first kappa shape index (κ1) is 34.3. The first-order chi connectivity index (χ1) is 23.8. The fourth-order valence-electron chi connectivity index (χ4n) is 6.08. The number of aryl methyl sites for hydroxylation is 1. The standard InChI is InChI=1S/C35H42N10O2S2/c1-22-19-31(41-42-33(22)40-35-38-27-13-8-9-14-28(27)49-35)44(3)30-17-16-25(26-20-37-45(23(26)2)21-24-11-6-7-12-24)32(39-30)34(47)43-48-18-10-4-5-15-29(36)46/h8-9,13-14,16-17,19-20,24H,4-7,10-12,15,18,21H2,1-3H3,(H2,36,46)(H,43,47)(H,38,40,42). The molecule has 0 radical (unpaired) electrons. The number of fused-ring (bicyclic) bond motifs is 1. The maximum absolute atomic E-state index is 13.7. The monoisotopic (exact) mass is 698 g/mol. The molecular formula is C35H42N10O2S2. The summed E-state index contributed by atoms with van der Waals surface area (Å²) in [5.41, 5.74) is 10.0. The van der Waals surface area contributed by atoms with E-state index in [1.807, 2.05) is 67.5 Å². The van der Waals surface area contributed by atoms with E-state index in [1.165, 1.54) is 37.6 Å². The third kappa shape index (κ3) is 8.36. The van der Waals surface area contributed by atoms with Gasteiger partial charge in [-0.2, -0.15) is 5.10 Å². The van der Waals surface area contributed by atoms with E-state index in [2.05, 4.69) is 36.8 Å². The van der Waals surface area contributed by atoms with Crippen LogP contribution >= 0.6 is 23.3 Å². The van der Waals surface area contributed by atoms with E-state index in [0.717, 1.165) is 63.5 Å². The highest BCUT2D eigenvalue weighted by Gasteiger charge is 2.23. The lowest BCUT2D eigenvalue weighted by Crippen LogP contribution is -2.21. The number of thiazole rings is 1. The Morgan fingerprint density at radius 3 is 2.61 bits per heavy atom. The van der Waals surface area contributed by atoms with Crippen LogP contribution in [0.2, 0.25) is 0 Å². The molecule has 12 nitrogen and oxygen atoms in total. The van der Waals surface area contributed by atoms with Gasteiger partial charge in [-0.15, -0.1) is 10.2 Å². The van der Waals surface area contributed by atoms with Gasteiger partial charge in [0.05, 0.1) is 16.4 Å². The molecule has 6 rings (SSSR count). The molecule has 5 aromatic rings. The lowest BCUT2D eigenvalue weighted by Gasteiger charge is -2.20. The topological polar surface area (TPSA) is 157 Å². The number of benzene rings is 1. The maximum atomic E-state index is 13.7. The van der Waals surface area contributed by atoms with E-state index in [4.69, 9.17) is 15.8 Å². The maximum Gasteiger partial charge on any atom is 0.280 e. The van der Waals surface area contributed by atoms with Gasteiger partial charge in [0.15, 0.2) is 16.8 Å². The van der Waals surface area contributed by atoms with Crippen molar-refractivity contribution < 1.29 is 9.59 Å². The first-order valence-electron chi connectivity index (χ1n) is 16.7. The van der Waals surface area contributed by atoms with Crippen LogP contribution in [0.3, 0.4) is 0 Å². The number of nitrogens with zero attached hydrogens (tertiary/aromatic N) is 7. The van der Waals surface area contributed by atoms with Crippen LogP contribution in [0.1, 0.15) is 73.1 Å². The Balaban J connectivity index is 1.21. The Morgan fingerprint density at radius 2 is 1.84 bits per heavy atom. The summed E-state index contributed by atoms with van der Waals surface area (Å²) < 4.78 is 6.15. The van der Waals surface area contributed by atoms with Crippen LogP contribution in [0.15, 0.2) is 48.7 Å². The van der Waals surface area contributed by atoms with Gasteiger partial charge in [0.1, 0.15) is 11.5 Å². The first-order valence-corrected chi connectivity index (χ1v) is 18.5. The molecule has 0 saturated heterocycles. The van der Waals surface area contributed by atoms with Gasteiger partial charge in [0.25, 0.3) is 5.91 Å². The minimum atomic E-state index is -0.288. The molecule has 49 heavy (non-hydrogen) atoms. The summed E-state index contributed by atoms with van der Waals surface area (Å²) >= 11 is 2.90. The molecule has 1 aromatic carbocycles. The molecule has 1 saturated carbocycles. The Morgan fingerprint density at radius 1 is 1.02 bits per heavy atom. The number of unbranched alkanes of at least 4 members (excludes halogenated alkanes) is 2. The van der Waals surface area contributed by atoms with Gasteiger partial charge in [-0.05, 0) is 81.3 Å². The number of anilines is 4. The molecule has 0 aliphatic heterocycles. The minimum Gasteiger partial charge on any atom is -0.370 e. The molecule has 4 heterocycles. The third-order valence-corrected chi connectivity index (χ3v) is 10.7. The Bertz CT molecular complexity index is 1900. The van der Waals surface area contributed by atoms with Gasteiger partial charge in [0.2, 0.25) is 5.91 Å². The number of carbonyl (C=O) groups is 2. The van der Waals surface area contributed by atoms with Crippen LogP contribution in [0.4, 0.5) is 22.6 Å². The van der Waals surface area contributed by atoms with Crippen molar-refractivity contribution in [2.75, 3.05) is 23.0 Å². The van der Waals surface area contributed by atoms with Crippen molar-refractivity contribution in [1.82, 2.24) is 34.7 Å². The van der Waals surface area contributed by atoms with Crippen LogP contribution < -0.4 is 20.7 Å². The van der Waals surface area contributed by atoms with Crippen molar-refractivity contribution in [3.63, 3.8) is 0 Å². The lowest BCUT2D eigenvalue weighted by molar-refractivity contribution is -0.118. The average Bonchev–Trinajstić information content (AvgIpc) is 3.85. The normalized spacial score (nSPS) is 13.2. The lowest BCUT2D eigenvalue weighted by atomic mass is 10.0. The SMILES string of the molecule is Cc1cc(N(C)c2ccc(-c3cnn(CC4CCCC4)c3C)c(C(=O)NSCCCCCC(N)=O)n2)nnc1Nc1nc2ccccc2s1. The number of hydrogen-bond acceptors (Lipinski definition) is 11. The predicted octanol–water partition coefficient (Wildman–Crippen LogP) is 7.09. The smallest absolute Gasteiger partial charge is 0.280 e. The number of hydrogen-bond donors (Lipinski definition) is 3. The molecular weight excluding hydrogens is 657 g/mol. The summed E-state index contributed by atoms with van der Waals surface area (Å²) in [4.78, 5) is 36.1. The highest BCUT2D eigenvalue weighted by Crippen LogP contribution is 2.33. The van der Waals surface area contributed by atoms with Crippen LogP contribution in [0.5, 0.6) is 0 Å². The minimum absolute atomic E-state index is 0.284. The molecule has 2 amide bonds. The van der Waals surface area contributed by atoms with Crippen molar-refractivity contribution in [3.05, 3.63) is 65.6 Å². The Kier molecular flexibility index (Phi) is 11.0. The molecule has 0 atom stereocenters. The number of carbonyl (C=O) groups excluding carboxylic acids is 2. The fourth-order valence-corrected chi connectivity index (χ4v) is 7.62. The van der Waals surface area contributed by atoms with E-state index < -0.39 is 0 Å². The van der Waals surface area contributed by atoms with Gasteiger partial charge in [-0.25, -0.2) is 9.97 Å². The Labute approximate surface area is 294 Å². The zero-order chi connectivity index (χ0) is 34.3. The number of amides is 2. The molecule has 4 N–H and O–H groups in total. The van der Waals surface area contributed by atoms with Crippen molar-refractivity contribution >= 4 is 67.9 Å². The molecule has 1 aliphatic carbocycles. The number of pyridine rings is 1. The summed E-state index contributed by atoms with van der Waals surface area (Å²) in [7, 11) is 1.86. The quantitative estimate of drug-likeness (QED) is 0.0762. The van der Waals surface area contributed by atoms with Gasteiger partial charge in [-0.1, -0.05) is 54.7 Å². The van der Waals surface area contributed by atoms with Gasteiger partial charge >= 0.3 is 0 Å². The molecule has 1 aliphatic rings. The highest BCUT2D eigenvalue weighted by atomic mass is 32.2. The molecule has 1 fully saturated rings. The number of rotatable bonds is 15. The van der Waals surface area contributed by atoms with Crippen LogP contribution in [-0.4, -0.2) is 54.6 Å². The van der Waals surface area contributed by atoms with Crippen LogP contribution in [-0.2, 0) is 11.3 Å². The second kappa shape index (κ2) is 15.8. The largest absolute Gasteiger partial charge is 0.370 e. The van der Waals surface area contributed by atoms with Crippen molar-refractivity contribution in [2.24, 2.45) is 11.7 Å². The summed E-state index contributed by atoms with van der Waals surface area (Å²) in [6.07, 6.45) is 9.70. The zero-order valence-electron chi connectivity index (χ0n) is 28.1. The second-order valence-corrected chi connectivity index (χ2v) is 14.4. The summed E-state index contributed by atoms with van der Waals surface area (Å²) in [6, 6.07) is 13.8. The third-order valence-electron chi connectivity index (χ3n) is 8.91. The number of nitrogens with two attached hydrogens (primary N) is 1. The molecule has 0 unspecified atom stereocenters. The summed E-state index contributed by atoms with van der Waals surface area (Å²) in [5.74, 6) is 2.54. The van der Waals surface area contributed by atoms with Gasteiger partial charge < -0.3 is 16.0 Å². The predicted molar refractivity (Wildman–Crippen MR) is 197 cm³/mol. The van der Waals surface area contributed by atoms with Crippen LogP contribution in [0.25, 0.3) is 21.3 Å². The van der Waals surface area contributed by atoms with E-state index in [1.54, 1.807) is 11.3 Å². The van der Waals surface area contributed by atoms with Crippen LogP contribution in [0, 0.1) is 19.8 Å². The number of para-hydroxylation sites is 1. The number of aromatic nitrogens is 6. The zero-order valence-corrected chi connectivity index (χ0v) is 29.7. The molecule has 4 aromatic heterocycles. The van der Waals surface area contributed by atoms with Crippen molar-refractivity contribution in [1.29, 1.82) is 0 Å². The fraction of sp³-hybridized carbons (Fsp3) is 0.400. The summed E-state index contributed by atoms with van der Waals surface area (Å²) in [5, 5.41) is 17.7. The van der Waals surface area contributed by atoms with Crippen molar-refractivity contribution in [3.8, 4) is 11.1 Å². The Hall–Kier alpha value is -4.56. The molecule has 256 valence electrons. The molecule has 14 heteroatoms. The average molecular weight is 699 g/mol. The van der Waals surface area contributed by atoms with Crippen molar-refractivity contribution in [2.45, 2.75) is 71.8 Å². The van der Waals surface area contributed by atoms with E-state index in [-0.39, 0.29) is 11.8 Å².